The average Bonchev–Trinajstić information content (AvgIpc) is 3.94. The van der Waals surface area contributed by atoms with Gasteiger partial charge in [-0.3, -0.25) is 0 Å². The second-order valence-corrected chi connectivity index (χ2v) is 22.7. The fourth-order valence-electron chi connectivity index (χ4n) is 10.4. The Balaban J connectivity index is 0.000000201. The van der Waals surface area contributed by atoms with Gasteiger partial charge >= 0.3 is 37.9 Å². The molecule has 2 aliphatic carbocycles. The van der Waals surface area contributed by atoms with E-state index >= 15 is 0 Å². The first-order valence-electron chi connectivity index (χ1n) is 23.4. The summed E-state index contributed by atoms with van der Waals surface area (Å²) in [6.07, 6.45) is 28.0. The molecular formula is C56H72Cl2SiZr. The Hall–Kier alpha value is -2.22. The van der Waals surface area contributed by atoms with E-state index in [2.05, 4.69) is 148 Å². The summed E-state index contributed by atoms with van der Waals surface area (Å²) in [7, 11) is 11.0. The van der Waals surface area contributed by atoms with Crippen molar-refractivity contribution in [2.45, 2.75) is 155 Å². The molecule has 60 heavy (non-hydrogen) atoms. The molecule has 8 rings (SSSR count). The zero-order valence-corrected chi connectivity index (χ0v) is 42.4. The Morgan fingerprint density at radius 1 is 0.483 bits per heavy atom. The van der Waals surface area contributed by atoms with Crippen molar-refractivity contribution in [2.75, 3.05) is 0 Å². The zero-order chi connectivity index (χ0) is 42.5. The monoisotopic (exact) mass is 932 g/mol. The minimum absolute atomic E-state index is 0.516. The Morgan fingerprint density at radius 2 is 0.800 bits per heavy atom. The van der Waals surface area contributed by atoms with E-state index in [1.54, 1.807) is 11.1 Å². The number of benzene rings is 4. The third-order valence-electron chi connectivity index (χ3n) is 13.8. The molecule has 0 saturated heterocycles. The predicted molar refractivity (Wildman–Crippen MR) is 266 cm³/mol. The summed E-state index contributed by atoms with van der Waals surface area (Å²) in [5, 5.41) is 5.65. The summed E-state index contributed by atoms with van der Waals surface area (Å²) in [6, 6.07) is 45.1. The van der Waals surface area contributed by atoms with E-state index in [1.807, 2.05) is 0 Å². The van der Waals surface area contributed by atoms with Crippen LogP contribution in [0.15, 0.2) is 121 Å². The van der Waals surface area contributed by atoms with Crippen LogP contribution in [0.4, 0.5) is 0 Å². The summed E-state index contributed by atoms with van der Waals surface area (Å²) >= 11 is -0.826. The molecule has 0 aliphatic heterocycles. The normalized spacial score (nSPS) is 16.6. The first-order valence-corrected chi connectivity index (χ1v) is 31.8. The van der Waals surface area contributed by atoms with E-state index in [4.69, 9.17) is 17.0 Å². The topological polar surface area (TPSA) is 0 Å². The van der Waals surface area contributed by atoms with Crippen molar-refractivity contribution >= 4 is 48.1 Å². The van der Waals surface area contributed by atoms with Gasteiger partial charge in [-0.25, -0.2) is 0 Å². The number of hydrogen-bond acceptors (Lipinski definition) is 0. The van der Waals surface area contributed by atoms with E-state index in [-0.39, 0.29) is 0 Å². The van der Waals surface area contributed by atoms with Crippen LogP contribution in [0.3, 0.4) is 0 Å². The van der Waals surface area contributed by atoms with Crippen LogP contribution in [-0.4, -0.2) is 9.52 Å². The van der Waals surface area contributed by atoms with Gasteiger partial charge in [0.25, 0.3) is 0 Å². The molecule has 0 unspecified atom stereocenters. The Labute approximate surface area is 386 Å². The Kier molecular flexibility index (Phi) is 21.5. The molecule has 2 radical (unpaired) electrons. The molecule has 318 valence electrons. The van der Waals surface area contributed by atoms with Gasteiger partial charge in [0.05, 0.1) is 0 Å². The molecule has 0 spiro atoms. The van der Waals surface area contributed by atoms with Crippen molar-refractivity contribution in [3.63, 3.8) is 0 Å². The molecular weight excluding hydrogens is 863 g/mol. The van der Waals surface area contributed by atoms with Gasteiger partial charge in [0, 0.05) is 9.52 Å². The SMILES string of the molecule is CCC1(Cc2cc3c(-c4ccccc4)cccc3[cH-]2)CCCCCCCC1.CCC1(Cc2cc3c(-c4ccccc4)cccc3[cH-]2)CCCCCCCC1.C[Si]C.[Cl][Zr+2][Cl]. The first-order chi connectivity index (χ1) is 29.4. The van der Waals surface area contributed by atoms with E-state index in [1.165, 1.54) is 172 Å². The van der Waals surface area contributed by atoms with E-state index in [0.29, 0.717) is 10.8 Å². The summed E-state index contributed by atoms with van der Waals surface area (Å²) in [4.78, 5) is 0. The summed E-state index contributed by atoms with van der Waals surface area (Å²) in [5.41, 5.74) is 9.53. The number of hydrogen-bond donors (Lipinski definition) is 0. The van der Waals surface area contributed by atoms with Crippen LogP contribution in [0.5, 0.6) is 0 Å². The first kappa shape index (κ1) is 48.8. The molecule has 2 saturated carbocycles. The molecule has 4 heteroatoms. The van der Waals surface area contributed by atoms with Gasteiger partial charge in [0.1, 0.15) is 0 Å². The third-order valence-corrected chi connectivity index (χ3v) is 13.8. The van der Waals surface area contributed by atoms with Gasteiger partial charge in [-0.1, -0.05) is 201 Å². The molecule has 0 N–H and O–H groups in total. The molecule has 0 amide bonds. The quantitative estimate of drug-likeness (QED) is 0.105. The Morgan fingerprint density at radius 3 is 1.12 bits per heavy atom. The van der Waals surface area contributed by atoms with Gasteiger partial charge in [0.2, 0.25) is 0 Å². The molecule has 0 aromatic heterocycles. The molecule has 6 aromatic carbocycles. The van der Waals surface area contributed by atoms with Crippen molar-refractivity contribution in [1.82, 2.24) is 0 Å². The molecule has 2 fully saturated rings. The van der Waals surface area contributed by atoms with Crippen LogP contribution >= 0.6 is 17.0 Å². The summed E-state index contributed by atoms with van der Waals surface area (Å²) < 4.78 is 0. The predicted octanol–water partition coefficient (Wildman–Crippen LogP) is 18.8. The van der Waals surface area contributed by atoms with E-state index in [0.717, 1.165) is 9.52 Å². The van der Waals surface area contributed by atoms with Gasteiger partial charge in [-0.15, -0.1) is 69.1 Å². The summed E-state index contributed by atoms with van der Waals surface area (Å²) in [6.45, 7) is 9.16. The van der Waals surface area contributed by atoms with Gasteiger partial charge in [-0.05, 0) is 60.5 Å². The molecule has 0 bridgehead atoms. The number of halogens is 2. The van der Waals surface area contributed by atoms with Crippen LogP contribution < -0.4 is 0 Å². The second kappa shape index (κ2) is 26.4. The van der Waals surface area contributed by atoms with Gasteiger partial charge in [0.15, 0.2) is 0 Å². The molecule has 6 aromatic rings. The fraction of sp³-hybridized carbons (Fsp3) is 0.464. The third kappa shape index (κ3) is 14.4. The van der Waals surface area contributed by atoms with Crippen molar-refractivity contribution < 1.29 is 20.8 Å². The standard InChI is InChI=1S/2C27H33.C2H6Si.2ClH.Zr/c2*1-2-27(17-10-5-3-4-6-11-18-27)21-22-19-24-15-12-16-25(26(24)20-22)23-13-8-7-9-14-23;1-3-2;;;/h2*7-9,12-16,19-20H,2-6,10-11,17-18,21H2,1H3;1-2H3;2*1H;/q2*-1;;;;+4/p-2. The second-order valence-electron chi connectivity index (χ2n) is 18.0. The molecule has 0 nitrogen and oxygen atoms in total. The number of rotatable bonds is 8. The van der Waals surface area contributed by atoms with Crippen LogP contribution in [0, 0.1) is 10.8 Å². The Bertz CT molecular complexity index is 1890. The van der Waals surface area contributed by atoms with Crippen molar-refractivity contribution in [3.05, 3.63) is 132 Å². The maximum absolute atomic E-state index is 4.93. The summed E-state index contributed by atoms with van der Waals surface area (Å²) in [5.74, 6) is 0. The maximum atomic E-state index is 4.93. The van der Waals surface area contributed by atoms with Gasteiger partial charge < -0.3 is 0 Å². The molecule has 2 aliphatic rings. The zero-order valence-electron chi connectivity index (χ0n) is 37.4. The molecule has 0 atom stereocenters. The number of fused-ring (bicyclic) bond motifs is 2. The van der Waals surface area contributed by atoms with Gasteiger partial charge in [-0.2, -0.15) is 12.1 Å². The fourth-order valence-corrected chi connectivity index (χ4v) is 10.4. The molecule has 0 heterocycles. The van der Waals surface area contributed by atoms with Crippen LogP contribution in [0.2, 0.25) is 13.1 Å². The van der Waals surface area contributed by atoms with Crippen LogP contribution in [-0.2, 0) is 33.7 Å². The van der Waals surface area contributed by atoms with Crippen molar-refractivity contribution in [3.8, 4) is 22.3 Å². The van der Waals surface area contributed by atoms with Crippen LogP contribution in [0.1, 0.15) is 141 Å². The minimum atomic E-state index is -0.826. The van der Waals surface area contributed by atoms with E-state index < -0.39 is 20.8 Å². The van der Waals surface area contributed by atoms with E-state index in [9.17, 15) is 0 Å². The van der Waals surface area contributed by atoms with Crippen molar-refractivity contribution in [1.29, 1.82) is 0 Å². The van der Waals surface area contributed by atoms with Crippen molar-refractivity contribution in [2.24, 2.45) is 10.8 Å². The average molecular weight is 935 g/mol. The van der Waals surface area contributed by atoms with Crippen LogP contribution in [0.25, 0.3) is 43.8 Å².